The molecule has 0 saturated carbocycles. The zero-order chi connectivity index (χ0) is 14.3. The SMILES string of the molecule is CCCCCCCCCCN(CC)CCC(=O)OC. The van der Waals surface area contributed by atoms with Crippen molar-refractivity contribution in [3.63, 3.8) is 0 Å². The first-order valence-electron chi connectivity index (χ1n) is 8.03. The van der Waals surface area contributed by atoms with Gasteiger partial charge in [-0.2, -0.15) is 0 Å². The predicted octanol–water partition coefficient (Wildman–Crippen LogP) is 4.01. The zero-order valence-electron chi connectivity index (χ0n) is 13.2. The van der Waals surface area contributed by atoms with Crippen LogP contribution in [0.25, 0.3) is 0 Å². The number of rotatable bonds is 13. The number of unbranched alkanes of at least 4 members (excludes halogenated alkanes) is 7. The lowest BCUT2D eigenvalue weighted by atomic mass is 10.1. The number of carbonyl (C=O) groups excluding carboxylic acids is 1. The minimum absolute atomic E-state index is 0.102. The smallest absolute Gasteiger partial charge is 0.306 e. The normalized spacial score (nSPS) is 10.9. The van der Waals surface area contributed by atoms with Gasteiger partial charge in [-0.05, 0) is 19.5 Å². The molecule has 0 unspecified atom stereocenters. The first-order valence-corrected chi connectivity index (χ1v) is 8.03. The van der Waals surface area contributed by atoms with Gasteiger partial charge in [0.2, 0.25) is 0 Å². The Morgan fingerprint density at radius 2 is 1.47 bits per heavy atom. The van der Waals surface area contributed by atoms with Crippen LogP contribution in [0.4, 0.5) is 0 Å². The van der Waals surface area contributed by atoms with Crippen molar-refractivity contribution in [3.05, 3.63) is 0 Å². The van der Waals surface area contributed by atoms with Gasteiger partial charge in [0.1, 0.15) is 0 Å². The van der Waals surface area contributed by atoms with Crippen molar-refractivity contribution in [2.75, 3.05) is 26.7 Å². The molecule has 0 aliphatic rings. The third kappa shape index (κ3) is 12.2. The van der Waals surface area contributed by atoms with Gasteiger partial charge in [0.15, 0.2) is 0 Å². The Labute approximate surface area is 119 Å². The summed E-state index contributed by atoms with van der Waals surface area (Å²) >= 11 is 0. The highest BCUT2D eigenvalue weighted by atomic mass is 16.5. The molecule has 19 heavy (non-hydrogen) atoms. The number of hydrogen-bond acceptors (Lipinski definition) is 3. The van der Waals surface area contributed by atoms with E-state index in [-0.39, 0.29) is 5.97 Å². The number of ether oxygens (including phenoxy) is 1. The average Bonchev–Trinajstić information content (AvgIpc) is 2.44. The Bertz CT molecular complexity index is 207. The predicted molar refractivity (Wildman–Crippen MR) is 81.4 cm³/mol. The third-order valence-electron chi connectivity index (χ3n) is 3.63. The van der Waals surface area contributed by atoms with E-state index in [4.69, 9.17) is 0 Å². The Hall–Kier alpha value is -0.570. The molecule has 0 spiro atoms. The Morgan fingerprint density at radius 1 is 0.895 bits per heavy atom. The van der Waals surface area contributed by atoms with Gasteiger partial charge in [0.25, 0.3) is 0 Å². The zero-order valence-corrected chi connectivity index (χ0v) is 13.2. The first kappa shape index (κ1) is 18.4. The van der Waals surface area contributed by atoms with Gasteiger partial charge in [0.05, 0.1) is 13.5 Å². The van der Waals surface area contributed by atoms with E-state index in [2.05, 4.69) is 23.5 Å². The van der Waals surface area contributed by atoms with E-state index in [1.54, 1.807) is 0 Å². The van der Waals surface area contributed by atoms with Crippen LogP contribution in [0.2, 0.25) is 0 Å². The van der Waals surface area contributed by atoms with Crippen LogP contribution in [0.5, 0.6) is 0 Å². The van der Waals surface area contributed by atoms with E-state index < -0.39 is 0 Å². The molecular formula is C16H33NO2. The molecule has 0 saturated heterocycles. The van der Waals surface area contributed by atoms with Crippen molar-refractivity contribution in [1.82, 2.24) is 4.90 Å². The summed E-state index contributed by atoms with van der Waals surface area (Å²) < 4.78 is 4.67. The number of esters is 1. The maximum atomic E-state index is 11.1. The number of nitrogens with zero attached hydrogens (tertiary/aromatic N) is 1. The lowest BCUT2D eigenvalue weighted by Crippen LogP contribution is -2.27. The molecular weight excluding hydrogens is 238 g/mol. The molecule has 0 fully saturated rings. The van der Waals surface area contributed by atoms with Gasteiger partial charge < -0.3 is 9.64 Å². The van der Waals surface area contributed by atoms with Gasteiger partial charge in [-0.1, -0.05) is 58.8 Å². The van der Waals surface area contributed by atoms with E-state index in [1.807, 2.05) is 0 Å². The fourth-order valence-electron chi connectivity index (χ4n) is 2.25. The van der Waals surface area contributed by atoms with Crippen molar-refractivity contribution in [1.29, 1.82) is 0 Å². The van der Waals surface area contributed by atoms with E-state index in [9.17, 15) is 4.79 Å². The molecule has 0 amide bonds. The number of methoxy groups -OCH3 is 1. The van der Waals surface area contributed by atoms with E-state index in [0.29, 0.717) is 6.42 Å². The fraction of sp³-hybridized carbons (Fsp3) is 0.938. The van der Waals surface area contributed by atoms with Crippen LogP contribution in [0, 0.1) is 0 Å². The molecule has 3 heteroatoms. The second-order valence-corrected chi connectivity index (χ2v) is 5.24. The summed E-state index contributed by atoms with van der Waals surface area (Å²) in [5.41, 5.74) is 0. The highest BCUT2D eigenvalue weighted by Crippen LogP contribution is 2.09. The highest BCUT2D eigenvalue weighted by molar-refractivity contribution is 5.69. The molecule has 0 atom stereocenters. The molecule has 0 aromatic rings. The van der Waals surface area contributed by atoms with Crippen LogP contribution >= 0.6 is 0 Å². The summed E-state index contributed by atoms with van der Waals surface area (Å²) in [6.45, 7) is 7.38. The first-order chi connectivity index (χ1) is 9.24. The number of carbonyl (C=O) groups is 1. The van der Waals surface area contributed by atoms with Crippen molar-refractivity contribution < 1.29 is 9.53 Å². The lowest BCUT2D eigenvalue weighted by Gasteiger charge is -2.19. The van der Waals surface area contributed by atoms with Gasteiger partial charge in [-0.25, -0.2) is 0 Å². The van der Waals surface area contributed by atoms with Crippen LogP contribution in [-0.2, 0) is 9.53 Å². The lowest BCUT2D eigenvalue weighted by molar-refractivity contribution is -0.140. The molecule has 0 radical (unpaired) electrons. The summed E-state index contributed by atoms with van der Waals surface area (Å²) in [5.74, 6) is -0.102. The standard InChI is InChI=1S/C16H33NO2/c1-4-6-7-8-9-10-11-12-14-17(5-2)15-13-16(18)19-3/h4-15H2,1-3H3. The topological polar surface area (TPSA) is 29.5 Å². The van der Waals surface area contributed by atoms with Crippen LogP contribution in [0.3, 0.4) is 0 Å². The maximum Gasteiger partial charge on any atom is 0.306 e. The molecule has 0 N–H and O–H groups in total. The van der Waals surface area contributed by atoms with Gasteiger partial charge in [0, 0.05) is 6.54 Å². The van der Waals surface area contributed by atoms with Crippen molar-refractivity contribution in [3.8, 4) is 0 Å². The van der Waals surface area contributed by atoms with Gasteiger partial charge in [-0.15, -0.1) is 0 Å². The molecule has 3 nitrogen and oxygen atoms in total. The minimum Gasteiger partial charge on any atom is -0.469 e. The van der Waals surface area contributed by atoms with Crippen molar-refractivity contribution >= 4 is 5.97 Å². The molecule has 0 aromatic heterocycles. The van der Waals surface area contributed by atoms with Crippen LogP contribution in [-0.4, -0.2) is 37.6 Å². The minimum atomic E-state index is -0.102. The maximum absolute atomic E-state index is 11.1. The van der Waals surface area contributed by atoms with E-state index in [0.717, 1.165) is 19.6 Å². The largest absolute Gasteiger partial charge is 0.469 e. The summed E-state index contributed by atoms with van der Waals surface area (Å²) in [7, 11) is 1.46. The highest BCUT2D eigenvalue weighted by Gasteiger charge is 2.06. The van der Waals surface area contributed by atoms with Gasteiger partial charge in [-0.3, -0.25) is 4.79 Å². The van der Waals surface area contributed by atoms with Crippen molar-refractivity contribution in [2.45, 2.75) is 71.6 Å². The average molecular weight is 271 g/mol. The van der Waals surface area contributed by atoms with E-state index in [1.165, 1.54) is 58.5 Å². The second kappa shape index (κ2) is 13.9. The molecule has 0 rings (SSSR count). The molecule has 114 valence electrons. The molecule has 0 aliphatic heterocycles. The molecule has 0 aliphatic carbocycles. The van der Waals surface area contributed by atoms with Crippen LogP contribution in [0.1, 0.15) is 71.6 Å². The quantitative estimate of drug-likeness (QED) is 0.374. The Morgan fingerprint density at radius 3 is 2.00 bits per heavy atom. The van der Waals surface area contributed by atoms with Crippen molar-refractivity contribution in [2.24, 2.45) is 0 Å². The van der Waals surface area contributed by atoms with Gasteiger partial charge >= 0.3 is 5.97 Å². The Kier molecular flexibility index (Phi) is 13.4. The third-order valence-corrected chi connectivity index (χ3v) is 3.63. The van der Waals surface area contributed by atoms with Crippen LogP contribution < -0.4 is 0 Å². The number of hydrogen-bond donors (Lipinski definition) is 0. The van der Waals surface area contributed by atoms with E-state index >= 15 is 0 Å². The summed E-state index contributed by atoms with van der Waals surface area (Å²) in [6.07, 6.45) is 11.3. The summed E-state index contributed by atoms with van der Waals surface area (Å²) in [6, 6.07) is 0. The fourth-order valence-corrected chi connectivity index (χ4v) is 2.25. The Balaban J connectivity index is 3.38. The monoisotopic (exact) mass is 271 g/mol. The summed E-state index contributed by atoms with van der Waals surface area (Å²) in [4.78, 5) is 13.4. The second-order valence-electron chi connectivity index (χ2n) is 5.24. The molecule has 0 bridgehead atoms. The summed E-state index contributed by atoms with van der Waals surface area (Å²) in [5, 5.41) is 0. The molecule has 0 heterocycles. The molecule has 0 aromatic carbocycles. The van der Waals surface area contributed by atoms with Crippen LogP contribution in [0.15, 0.2) is 0 Å².